The molecule has 3 N–H and O–H groups in total. The maximum absolute atomic E-state index is 13.0. The van der Waals surface area contributed by atoms with Crippen LogP contribution in [0.3, 0.4) is 0 Å². The molecule has 1 unspecified atom stereocenters. The van der Waals surface area contributed by atoms with Gasteiger partial charge in [0.2, 0.25) is 5.95 Å². The first kappa shape index (κ1) is 23.7. The molecule has 0 saturated carbocycles. The molecule has 2 aromatic heterocycles. The highest BCUT2D eigenvalue weighted by molar-refractivity contribution is 7.17. The van der Waals surface area contributed by atoms with E-state index in [-0.39, 0.29) is 11.9 Å². The number of carbonyl (C=O) groups excluding carboxylic acids is 1. The number of hydrogen-bond donors (Lipinski definition) is 3. The highest BCUT2D eigenvalue weighted by Gasteiger charge is 2.15. The summed E-state index contributed by atoms with van der Waals surface area (Å²) in [5, 5.41) is 18.5. The van der Waals surface area contributed by atoms with Crippen LogP contribution in [0.15, 0.2) is 91.1 Å². The van der Waals surface area contributed by atoms with E-state index in [9.17, 15) is 9.90 Å². The molecule has 2 atom stereocenters. The molecule has 36 heavy (non-hydrogen) atoms. The lowest BCUT2D eigenvalue weighted by Crippen LogP contribution is -2.25. The molecular weight excluding hydrogens is 468 g/mol. The Hall–Kier alpha value is -4.07. The van der Waals surface area contributed by atoms with Gasteiger partial charge in [0.15, 0.2) is 0 Å². The van der Waals surface area contributed by atoms with E-state index in [4.69, 9.17) is 0 Å². The minimum atomic E-state index is -0.557. The van der Waals surface area contributed by atoms with Crippen molar-refractivity contribution in [2.45, 2.75) is 26.0 Å². The highest BCUT2D eigenvalue weighted by Crippen LogP contribution is 2.29. The van der Waals surface area contributed by atoms with E-state index < -0.39 is 6.10 Å². The summed E-state index contributed by atoms with van der Waals surface area (Å²) in [6.07, 6.45) is 1.13. The van der Waals surface area contributed by atoms with Gasteiger partial charge >= 0.3 is 0 Å². The number of aromatic nitrogens is 2. The van der Waals surface area contributed by atoms with Crippen molar-refractivity contribution in [1.82, 2.24) is 15.3 Å². The van der Waals surface area contributed by atoms with Gasteiger partial charge in [0, 0.05) is 11.9 Å². The van der Waals surface area contributed by atoms with Crippen LogP contribution in [0.25, 0.3) is 21.3 Å². The van der Waals surface area contributed by atoms with E-state index in [2.05, 4.69) is 50.9 Å². The summed E-state index contributed by atoms with van der Waals surface area (Å²) in [4.78, 5) is 23.4. The molecular formula is C29H26N4O2S. The predicted octanol–water partition coefficient (Wildman–Crippen LogP) is 6.65. The van der Waals surface area contributed by atoms with Crippen LogP contribution in [0, 0.1) is 0 Å². The summed E-state index contributed by atoms with van der Waals surface area (Å²) in [7, 11) is 0. The molecule has 0 radical (unpaired) electrons. The monoisotopic (exact) mass is 494 g/mol. The number of thiophene rings is 1. The van der Waals surface area contributed by atoms with Crippen LogP contribution in [0.5, 0.6) is 0 Å². The van der Waals surface area contributed by atoms with Gasteiger partial charge in [-0.25, -0.2) is 9.97 Å². The lowest BCUT2D eigenvalue weighted by molar-refractivity contribution is 0.0944. The Morgan fingerprint density at radius 1 is 0.889 bits per heavy atom. The number of benzene rings is 3. The van der Waals surface area contributed by atoms with Crippen molar-refractivity contribution in [3.8, 4) is 10.6 Å². The van der Waals surface area contributed by atoms with E-state index in [0.717, 1.165) is 32.8 Å². The molecule has 3 aromatic carbocycles. The normalized spacial score (nSPS) is 12.8. The van der Waals surface area contributed by atoms with Crippen molar-refractivity contribution in [2.75, 3.05) is 5.32 Å². The molecule has 0 spiro atoms. The van der Waals surface area contributed by atoms with Crippen LogP contribution >= 0.6 is 11.3 Å². The van der Waals surface area contributed by atoms with Gasteiger partial charge < -0.3 is 15.7 Å². The third kappa shape index (κ3) is 5.27. The number of anilines is 2. The molecule has 0 aliphatic rings. The second-order valence-electron chi connectivity index (χ2n) is 8.66. The van der Waals surface area contributed by atoms with Crippen molar-refractivity contribution in [1.29, 1.82) is 0 Å². The minimum Gasteiger partial charge on any atom is -0.389 e. The van der Waals surface area contributed by atoms with Crippen LogP contribution < -0.4 is 10.6 Å². The Morgan fingerprint density at radius 2 is 1.72 bits per heavy atom. The zero-order valence-electron chi connectivity index (χ0n) is 20.0. The third-order valence-corrected chi connectivity index (χ3v) is 7.09. The summed E-state index contributed by atoms with van der Waals surface area (Å²) in [6, 6.07) is 27.4. The maximum atomic E-state index is 13.0. The molecule has 1 amide bonds. The third-order valence-electron chi connectivity index (χ3n) is 5.98. The lowest BCUT2D eigenvalue weighted by atomic mass is 10.0. The standard InChI is InChI=1S/C29H26N4O2S/c1-18(21-11-10-20-6-3-4-7-23(20)16-21)31-28(35)27-13-12-26(36-27)25-14-15-30-29(33-25)32-24-9-5-8-22(17-24)19(2)34/h3-19,34H,1-2H3,(H,31,35)(H,30,32,33)/t18-,19?/m1/s1. The average molecular weight is 495 g/mol. The summed E-state index contributed by atoms with van der Waals surface area (Å²) in [5.41, 5.74) is 3.39. The van der Waals surface area contributed by atoms with Gasteiger partial charge in [-0.2, -0.15) is 0 Å². The number of carbonyl (C=O) groups is 1. The van der Waals surface area contributed by atoms with Crippen molar-refractivity contribution < 1.29 is 9.90 Å². The van der Waals surface area contributed by atoms with Crippen molar-refractivity contribution in [3.05, 3.63) is 107 Å². The maximum Gasteiger partial charge on any atom is 0.261 e. The smallest absolute Gasteiger partial charge is 0.261 e. The number of amides is 1. The summed E-state index contributed by atoms with van der Waals surface area (Å²) in [6.45, 7) is 3.72. The Balaban J connectivity index is 1.29. The number of hydrogen-bond acceptors (Lipinski definition) is 6. The van der Waals surface area contributed by atoms with Gasteiger partial charge in [-0.1, -0.05) is 48.5 Å². The van der Waals surface area contributed by atoms with Crippen LogP contribution in [-0.2, 0) is 0 Å². The van der Waals surface area contributed by atoms with E-state index in [1.807, 2.05) is 61.5 Å². The Bertz CT molecular complexity index is 1530. The number of nitrogens with zero attached hydrogens (tertiary/aromatic N) is 2. The summed E-state index contributed by atoms with van der Waals surface area (Å²) in [5.74, 6) is 0.328. The molecule has 6 nitrogen and oxygen atoms in total. The van der Waals surface area contributed by atoms with Crippen LogP contribution in [0.2, 0.25) is 0 Å². The Morgan fingerprint density at radius 3 is 2.56 bits per heavy atom. The van der Waals surface area contributed by atoms with Gasteiger partial charge in [0.05, 0.1) is 27.6 Å². The molecule has 0 saturated heterocycles. The number of aliphatic hydroxyl groups excluding tert-OH is 1. The van der Waals surface area contributed by atoms with Crippen molar-refractivity contribution in [3.63, 3.8) is 0 Å². The highest BCUT2D eigenvalue weighted by atomic mass is 32.1. The first-order valence-corrected chi connectivity index (χ1v) is 12.6. The number of nitrogens with one attached hydrogen (secondary N) is 2. The van der Waals surface area contributed by atoms with E-state index in [0.29, 0.717) is 10.8 Å². The molecule has 5 aromatic rings. The van der Waals surface area contributed by atoms with Crippen LogP contribution in [-0.4, -0.2) is 21.0 Å². The van der Waals surface area contributed by atoms with Crippen molar-refractivity contribution >= 4 is 39.7 Å². The Kier molecular flexibility index (Phi) is 6.75. The number of fused-ring (bicyclic) bond motifs is 1. The second kappa shape index (κ2) is 10.3. The molecule has 0 bridgehead atoms. The average Bonchev–Trinajstić information content (AvgIpc) is 3.39. The number of aliphatic hydroxyl groups is 1. The molecule has 0 aliphatic carbocycles. The fraction of sp³-hybridized carbons (Fsp3) is 0.138. The minimum absolute atomic E-state index is 0.116. The first-order chi connectivity index (χ1) is 17.5. The quantitative estimate of drug-likeness (QED) is 0.236. The van der Waals surface area contributed by atoms with Crippen molar-refractivity contribution in [2.24, 2.45) is 0 Å². The molecule has 7 heteroatoms. The van der Waals surface area contributed by atoms with Gasteiger partial charge in [-0.05, 0) is 72.1 Å². The molecule has 2 heterocycles. The van der Waals surface area contributed by atoms with Gasteiger partial charge in [0.1, 0.15) is 0 Å². The van der Waals surface area contributed by atoms with E-state index in [1.165, 1.54) is 16.7 Å². The molecule has 5 rings (SSSR count). The van der Waals surface area contributed by atoms with E-state index in [1.54, 1.807) is 13.1 Å². The zero-order valence-corrected chi connectivity index (χ0v) is 20.8. The predicted molar refractivity (Wildman–Crippen MR) is 146 cm³/mol. The van der Waals surface area contributed by atoms with Gasteiger partial charge in [0.25, 0.3) is 5.91 Å². The topological polar surface area (TPSA) is 87.1 Å². The van der Waals surface area contributed by atoms with Gasteiger partial charge in [-0.3, -0.25) is 4.79 Å². The molecule has 180 valence electrons. The Labute approximate surface area is 213 Å². The first-order valence-electron chi connectivity index (χ1n) is 11.7. The molecule has 0 aliphatic heterocycles. The zero-order chi connectivity index (χ0) is 25.1. The second-order valence-corrected chi connectivity index (χ2v) is 9.74. The van der Waals surface area contributed by atoms with Crippen LogP contribution in [0.4, 0.5) is 11.6 Å². The summed E-state index contributed by atoms with van der Waals surface area (Å²) < 4.78 is 0. The fourth-order valence-corrected chi connectivity index (χ4v) is 4.87. The summed E-state index contributed by atoms with van der Waals surface area (Å²) >= 11 is 1.39. The SMILES string of the molecule is CC(O)c1cccc(Nc2nccc(-c3ccc(C(=O)N[C@H](C)c4ccc5ccccc5c4)s3)n2)c1. The number of rotatable bonds is 7. The lowest BCUT2D eigenvalue weighted by Gasteiger charge is -2.14. The fourth-order valence-electron chi connectivity index (χ4n) is 3.99. The molecule has 0 fully saturated rings. The van der Waals surface area contributed by atoms with E-state index >= 15 is 0 Å². The largest absolute Gasteiger partial charge is 0.389 e. The van der Waals surface area contributed by atoms with Crippen LogP contribution in [0.1, 0.15) is 46.8 Å². The van der Waals surface area contributed by atoms with Gasteiger partial charge in [-0.15, -0.1) is 11.3 Å².